The molecule has 28 heavy (non-hydrogen) atoms. The van der Waals surface area contributed by atoms with E-state index in [1.54, 1.807) is 0 Å². The van der Waals surface area contributed by atoms with E-state index in [4.69, 9.17) is 5.11 Å². The van der Waals surface area contributed by atoms with Gasteiger partial charge in [0.15, 0.2) is 5.75 Å². The molecular weight excluding hydrogens is 368 g/mol. The molecule has 1 heterocycles. The van der Waals surface area contributed by atoms with Crippen LogP contribution in [0.1, 0.15) is 31.1 Å². The van der Waals surface area contributed by atoms with Gasteiger partial charge in [-0.15, -0.1) is 0 Å². The normalized spacial score (nSPS) is 13.1. The third-order valence-electron chi connectivity index (χ3n) is 4.53. The van der Waals surface area contributed by atoms with Gasteiger partial charge in [0, 0.05) is 17.0 Å². The van der Waals surface area contributed by atoms with Crippen LogP contribution in [0.5, 0.6) is 5.75 Å². The molecular formula is C19H10N2O7. The Balaban J connectivity index is 1.95. The molecule has 2 N–H and O–H groups in total. The molecule has 3 aromatic rings. The first-order valence-corrected chi connectivity index (χ1v) is 7.96. The van der Waals surface area contributed by atoms with Crippen molar-refractivity contribution in [1.82, 2.24) is 0 Å². The highest BCUT2D eigenvalue weighted by Gasteiger charge is 2.37. The van der Waals surface area contributed by atoms with Crippen LogP contribution in [0.15, 0.2) is 48.5 Å². The number of amides is 2. The number of anilines is 1. The lowest BCUT2D eigenvalue weighted by molar-refractivity contribution is -0.384. The van der Waals surface area contributed by atoms with Gasteiger partial charge in [-0.1, -0.05) is 6.07 Å². The van der Waals surface area contributed by atoms with Crippen LogP contribution in [0.2, 0.25) is 0 Å². The van der Waals surface area contributed by atoms with Gasteiger partial charge in [0.1, 0.15) is 0 Å². The Labute approximate surface area is 156 Å². The SMILES string of the molecule is O=C(O)c1ccc(N2C(=O)c3cccc4c([N+](=O)[O-])c(O)cc(c34)C2=O)cc1. The summed E-state index contributed by atoms with van der Waals surface area (Å²) in [6.45, 7) is 0. The van der Waals surface area contributed by atoms with Crippen molar-refractivity contribution in [3.8, 4) is 5.75 Å². The summed E-state index contributed by atoms with van der Waals surface area (Å²) in [5.74, 6) is -3.32. The van der Waals surface area contributed by atoms with Gasteiger partial charge in [0.2, 0.25) is 0 Å². The highest BCUT2D eigenvalue weighted by Crippen LogP contribution is 2.41. The number of phenolic OH excluding ortho intramolecular Hbond substituents is 1. The van der Waals surface area contributed by atoms with E-state index in [0.29, 0.717) is 0 Å². The standard InChI is InChI=1S/C19H10N2O7/c22-14-8-13-15-11(16(14)21(27)28)2-1-3-12(15)17(23)20(18(13)24)10-6-4-9(5-7-10)19(25)26/h1-8,22H,(H,25,26). The monoisotopic (exact) mass is 378 g/mol. The quantitative estimate of drug-likeness (QED) is 0.406. The Hall–Kier alpha value is -4.27. The first kappa shape index (κ1) is 17.2. The fourth-order valence-corrected chi connectivity index (χ4v) is 3.31. The van der Waals surface area contributed by atoms with Gasteiger partial charge < -0.3 is 10.2 Å². The van der Waals surface area contributed by atoms with Crippen LogP contribution in [0.25, 0.3) is 10.8 Å². The highest BCUT2D eigenvalue weighted by molar-refractivity contribution is 6.36. The van der Waals surface area contributed by atoms with Gasteiger partial charge in [-0.25, -0.2) is 9.69 Å². The lowest BCUT2D eigenvalue weighted by Gasteiger charge is -2.27. The smallest absolute Gasteiger partial charge is 0.335 e. The van der Waals surface area contributed by atoms with Crippen LogP contribution in [0.3, 0.4) is 0 Å². The number of carbonyl (C=O) groups is 3. The summed E-state index contributed by atoms with van der Waals surface area (Å²) in [6.07, 6.45) is 0. The second kappa shape index (κ2) is 5.88. The first-order valence-electron chi connectivity index (χ1n) is 7.96. The number of hydrogen-bond donors (Lipinski definition) is 2. The fourth-order valence-electron chi connectivity index (χ4n) is 3.31. The molecule has 0 fully saturated rings. The lowest BCUT2D eigenvalue weighted by atomic mass is 9.92. The molecule has 0 unspecified atom stereocenters. The van der Waals surface area contributed by atoms with Gasteiger partial charge in [0.05, 0.1) is 27.1 Å². The Kier molecular flexibility index (Phi) is 3.60. The van der Waals surface area contributed by atoms with Gasteiger partial charge in [-0.2, -0.15) is 0 Å². The van der Waals surface area contributed by atoms with Crippen molar-refractivity contribution in [2.45, 2.75) is 0 Å². The number of rotatable bonds is 3. The number of nitro benzene ring substituents is 1. The third kappa shape index (κ3) is 2.30. The molecule has 0 aliphatic carbocycles. The number of aromatic hydroxyl groups is 1. The summed E-state index contributed by atoms with van der Waals surface area (Å²) in [7, 11) is 0. The average molecular weight is 378 g/mol. The van der Waals surface area contributed by atoms with Crippen LogP contribution in [-0.2, 0) is 0 Å². The predicted molar refractivity (Wildman–Crippen MR) is 96.8 cm³/mol. The number of nitrogens with zero attached hydrogens (tertiary/aromatic N) is 2. The molecule has 0 bridgehead atoms. The summed E-state index contributed by atoms with van der Waals surface area (Å²) in [5, 5.41) is 30.5. The second-order valence-electron chi connectivity index (χ2n) is 6.07. The van der Waals surface area contributed by atoms with E-state index in [2.05, 4.69) is 0 Å². The van der Waals surface area contributed by atoms with Crippen LogP contribution < -0.4 is 4.90 Å². The minimum absolute atomic E-state index is 0.0138. The minimum atomic E-state index is -1.16. The molecule has 138 valence electrons. The highest BCUT2D eigenvalue weighted by atomic mass is 16.6. The fraction of sp³-hybridized carbons (Fsp3) is 0. The Morgan fingerprint density at radius 2 is 1.64 bits per heavy atom. The topological polar surface area (TPSA) is 138 Å². The Morgan fingerprint density at radius 1 is 1.00 bits per heavy atom. The van der Waals surface area contributed by atoms with Gasteiger partial charge in [-0.3, -0.25) is 19.7 Å². The van der Waals surface area contributed by atoms with Gasteiger partial charge in [-0.05, 0) is 36.4 Å². The van der Waals surface area contributed by atoms with Crippen molar-refractivity contribution in [2.24, 2.45) is 0 Å². The van der Waals surface area contributed by atoms with Crippen molar-refractivity contribution in [3.63, 3.8) is 0 Å². The van der Waals surface area contributed by atoms with E-state index in [0.717, 1.165) is 11.0 Å². The summed E-state index contributed by atoms with van der Waals surface area (Å²) < 4.78 is 0. The molecule has 2 amide bonds. The molecule has 3 aromatic carbocycles. The number of phenols is 1. The Bertz CT molecular complexity index is 1220. The number of benzene rings is 3. The second-order valence-corrected chi connectivity index (χ2v) is 6.07. The van der Waals surface area contributed by atoms with Gasteiger partial charge >= 0.3 is 11.7 Å². The van der Waals surface area contributed by atoms with E-state index in [-0.39, 0.29) is 33.2 Å². The molecule has 0 radical (unpaired) electrons. The molecule has 0 atom stereocenters. The van der Waals surface area contributed by atoms with Crippen LogP contribution >= 0.6 is 0 Å². The maximum absolute atomic E-state index is 13.0. The Morgan fingerprint density at radius 3 is 2.25 bits per heavy atom. The maximum Gasteiger partial charge on any atom is 0.335 e. The molecule has 9 heteroatoms. The molecule has 0 spiro atoms. The average Bonchev–Trinajstić information content (AvgIpc) is 2.65. The number of carbonyl (C=O) groups excluding carboxylic acids is 2. The van der Waals surface area contributed by atoms with E-state index < -0.39 is 34.1 Å². The molecule has 1 aliphatic rings. The van der Waals surface area contributed by atoms with E-state index in [9.17, 15) is 29.6 Å². The lowest BCUT2D eigenvalue weighted by Crippen LogP contribution is -2.40. The first-order chi connectivity index (χ1) is 13.3. The number of aromatic carboxylic acids is 1. The van der Waals surface area contributed by atoms with Crippen LogP contribution in [0, 0.1) is 10.1 Å². The van der Waals surface area contributed by atoms with Crippen molar-refractivity contribution in [2.75, 3.05) is 4.90 Å². The van der Waals surface area contributed by atoms with Crippen molar-refractivity contribution in [3.05, 3.63) is 75.3 Å². The zero-order valence-electron chi connectivity index (χ0n) is 13.9. The summed E-state index contributed by atoms with van der Waals surface area (Å²) >= 11 is 0. The summed E-state index contributed by atoms with van der Waals surface area (Å²) in [6, 6.07) is 10.3. The van der Waals surface area contributed by atoms with E-state index in [1.807, 2.05) is 0 Å². The molecule has 1 aliphatic heterocycles. The molecule has 0 aromatic heterocycles. The molecule has 0 saturated carbocycles. The zero-order chi connectivity index (χ0) is 20.2. The van der Waals surface area contributed by atoms with E-state index in [1.165, 1.54) is 42.5 Å². The summed E-state index contributed by atoms with van der Waals surface area (Å²) in [5.41, 5.74) is -0.453. The van der Waals surface area contributed by atoms with Crippen LogP contribution in [0.4, 0.5) is 11.4 Å². The predicted octanol–water partition coefficient (Wildman–Crippen LogP) is 2.95. The van der Waals surface area contributed by atoms with E-state index >= 15 is 0 Å². The number of carboxylic acid groups (broad SMARTS) is 1. The van der Waals surface area contributed by atoms with Gasteiger partial charge in [0.25, 0.3) is 11.8 Å². The van der Waals surface area contributed by atoms with Crippen molar-refractivity contribution >= 4 is 39.9 Å². The van der Waals surface area contributed by atoms with Crippen molar-refractivity contribution in [1.29, 1.82) is 0 Å². The number of nitro groups is 1. The zero-order valence-corrected chi connectivity index (χ0v) is 13.9. The molecule has 4 rings (SSSR count). The third-order valence-corrected chi connectivity index (χ3v) is 4.53. The number of hydrogen-bond acceptors (Lipinski definition) is 6. The number of imide groups is 1. The maximum atomic E-state index is 13.0. The van der Waals surface area contributed by atoms with Crippen molar-refractivity contribution < 1.29 is 29.5 Å². The minimum Gasteiger partial charge on any atom is -0.502 e. The number of carboxylic acids is 1. The largest absolute Gasteiger partial charge is 0.502 e. The molecule has 9 nitrogen and oxygen atoms in total. The summed E-state index contributed by atoms with van der Waals surface area (Å²) in [4.78, 5) is 48.3. The van der Waals surface area contributed by atoms with Crippen LogP contribution in [-0.4, -0.2) is 32.9 Å². The molecule has 0 saturated heterocycles.